The van der Waals surface area contributed by atoms with E-state index in [2.05, 4.69) is 5.32 Å². The standard InChI is InChI=1S/C16H23F3N2O2/c1-11(2)9-14(20-15(23)21(3)7-8-22)12-5-4-6-13(10-12)16(17,18)19/h4-6,10-11,14,22H,7-9H2,1-3H3,(H,20,23). The molecule has 1 rings (SSSR count). The summed E-state index contributed by atoms with van der Waals surface area (Å²) >= 11 is 0. The maximum atomic E-state index is 12.9. The summed E-state index contributed by atoms with van der Waals surface area (Å²) in [6, 6.07) is 4.05. The average Bonchev–Trinajstić information content (AvgIpc) is 2.45. The van der Waals surface area contributed by atoms with Crippen molar-refractivity contribution in [3.63, 3.8) is 0 Å². The summed E-state index contributed by atoms with van der Waals surface area (Å²) in [7, 11) is 1.52. The van der Waals surface area contributed by atoms with Crippen LogP contribution < -0.4 is 5.32 Å². The zero-order chi connectivity index (χ0) is 17.6. The molecule has 0 fully saturated rings. The molecular formula is C16H23F3N2O2. The summed E-state index contributed by atoms with van der Waals surface area (Å²) in [5.74, 6) is 0.193. The minimum Gasteiger partial charge on any atom is -0.395 e. The molecule has 130 valence electrons. The highest BCUT2D eigenvalue weighted by Gasteiger charge is 2.31. The van der Waals surface area contributed by atoms with Gasteiger partial charge in [-0.15, -0.1) is 0 Å². The highest BCUT2D eigenvalue weighted by molar-refractivity contribution is 5.74. The summed E-state index contributed by atoms with van der Waals surface area (Å²) < 4.78 is 38.6. The Morgan fingerprint density at radius 3 is 2.52 bits per heavy atom. The number of aliphatic hydroxyl groups excluding tert-OH is 1. The first-order valence-electron chi connectivity index (χ1n) is 7.44. The number of hydrogen-bond acceptors (Lipinski definition) is 2. The van der Waals surface area contributed by atoms with Gasteiger partial charge in [0.2, 0.25) is 0 Å². The quantitative estimate of drug-likeness (QED) is 0.838. The smallest absolute Gasteiger partial charge is 0.395 e. The molecule has 0 aliphatic heterocycles. The average molecular weight is 332 g/mol. The van der Waals surface area contributed by atoms with Crippen molar-refractivity contribution in [2.45, 2.75) is 32.5 Å². The van der Waals surface area contributed by atoms with Gasteiger partial charge < -0.3 is 15.3 Å². The molecular weight excluding hydrogens is 309 g/mol. The third-order valence-electron chi connectivity index (χ3n) is 3.40. The molecule has 0 spiro atoms. The summed E-state index contributed by atoms with van der Waals surface area (Å²) in [5.41, 5.74) is -0.319. The van der Waals surface area contributed by atoms with Gasteiger partial charge in [-0.1, -0.05) is 26.0 Å². The van der Waals surface area contributed by atoms with E-state index in [-0.39, 0.29) is 19.1 Å². The summed E-state index contributed by atoms with van der Waals surface area (Å²) in [6.07, 6.45) is -3.91. The number of halogens is 3. The molecule has 0 aliphatic rings. The van der Waals surface area contributed by atoms with Crippen molar-refractivity contribution in [2.24, 2.45) is 5.92 Å². The topological polar surface area (TPSA) is 52.6 Å². The van der Waals surface area contributed by atoms with E-state index in [4.69, 9.17) is 5.11 Å². The summed E-state index contributed by atoms with van der Waals surface area (Å²) in [4.78, 5) is 13.4. The van der Waals surface area contributed by atoms with Crippen LogP contribution in [-0.2, 0) is 6.18 Å². The van der Waals surface area contributed by atoms with Crippen molar-refractivity contribution in [1.82, 2.24) is 10.2 Å². The van der Waals surface area contributed by atoms with Crippen LogP contribution in [0.5, 0.6) is 0 Å². The molecule has 4 nitrogen and oxygen atoms in total. The van der Waals surface area contributed by atoms with Gasteiger partial charge in [0.25, 0.3) is 0 Å². The number of likely N-dealkylation sites (N-methyl/N-ethyl adjacent to an activating group) is 1. The number of nitrogens with one attached hydrogen (secondary N) is 1. The number of benzene rings is 1. The third kappa shape index (κ3) is 6.09. The Kier molecular flexibility index (Phi) is 6.87. The van der Waals surface area contributed by atoms with E-state index in [9.17, 15) is 18.0 Å². The highest BCUT2D eigenvalue weighted by atomic mass is 19.4. The zero-order valence-electron chi connectivity index (χ0n) is 13.5. The van der Waals surface area contributed by atoms with Crippen LogP contribution in [0.3, 0.4) is 0 Å². The molecule has 1 aromatic carbocycles. The maximum Gasteiger partial charge on any atom is 0.416 e. The molecule has 0 saturated heterocycles. The molecule has 0 radical (unpaired) electrons. The molecule has 0 saturated carbocycles. The van der Waals surface area contributed by atoms with Gasteiger partial charge in [-0.2, -0.15) is 13.2 Å². The first kappa shape index (κ1) is 19.3. The lowest BCUT2D eigenvalue weighted by atomic mass is 9.95. The van der Waals surface area contributed by atoms with Gasteiger partial charge in [0, 0.05) is 13.6 Å². The predicted octanol–water partition coefficient (Wildman–Crippen LogP) is 3.43. The highest BCUT2D eigenvalue weighted by Crippen LogP contribution is 2.32. The van der Waals surface area contributed by atoms with Crippen molar-refractivity contribution in [3.8, 4) is 0 Å². The Hall–Kier alpha value is -1.76. The number of alkyl halides is 3. The lowest BCUT2D eigenvalue weighted by Crippen LogP contribution is -2.41. The minimum atomic E-state index is -4.42. The van der Waals surface area contributed by atoms with E-state index >= 15 is 0 Å². The van der Waals surface area contributed by atoms with Crippen molar-refractivity contribution in [3.05, 3.63) is 35.4 Å². The predicted molar refractivity (Wildman–Crippen MR) is 81.9 cm³/mol. The number of hydrogen-bond donors (Lipinski definition) is 2. The van der Waals surface area contributed by atoms with E-state index in [0.29, 0.717) is 12.0 Å². The Labute approximate surface area is 134 Å². The first-order chi connectivity index (χ1) is 10.6. The normalized spacial score (nSPS) is 13.0. The number of amides is 2. The Morgan fingerprint density at radius 2 is 2.00 bits per heavy atom. The Morgan fingerprint density at radius 1 is 1.35 bits per heavy atom. The molecule has 1 unspecified atom stereocenters. The van der Waals surface area contributed by atoms with Gasteiger partial charge in [-0.05, 0) is 30.0 Å². The van der Waals surface area contributed by atoms with E-state index in [0.717, 1.165) is 12.1 Å². The van der Waals surface area contributed by atoms with Gasteiger partial charge in [0.05, 0.1) is 18.2 Å². The van der Waals surface area contributed by atoms with E-state index in [1.54, 1.807) is 6.07 Å². The molecule has 0 aliphatic carbocycles. The second-order valence-corrected chi connectivity index (χ2v) is 5.90. The van der Waals surface area contributed by atoms with Crippen LogP contribution in [0.2, 0.25) is 0 Å². The lowest BCUT2D eigenvalue weighted by Gasteiger charge is -2.25. The molecule has 23 heavy (non-hydrogen) atoms. The number of nitrogens with zero attached hydrogens (tertiary/aromatic N) is 1. The largest absolute Gasteiger partial charge is 0.416 e. The lowest BCUT2D eigenvalue weighted by molar-refractivity contribution is -0.137. The second-order valence-electron chi connectivity index (χ2n) is 5.90. The van der Waals surface area contributed by atoms with Crippen LogP contribution in [0.25, 0.3) is 0 Å². The second kappa shape index (κ2) is 8.19. The Balaban J connectivity index is 3.00. The van der Waals surface area contributed by atoms with Gasteiger partial charge in [-0.3, -0.25) is 0 Å². The van der Waals surface area contributed by atoms with E-state index in [1.807, 2.05) is 13.8 Å². The number of rotatable bonds is 6. The van der Waals surface area contributed by atoms with Crippen LogP contribution in [0.15, 0.2) is 24.3 Å². The van der Waals surface area contributed by atoms with Crippen LogP contribution in [0.4, 0.5) is 18.0 Å². The van der Waals surface area contributed by atoms with Crippen LogP contribution >= 0.6 is 0 Å². The molecule has 0 bridgehead atoms. The van der Waals surface area contributed by atoms with E-state index < -0.39 is 23.8 Å². The number of aliphatic hydroxyl groups is 1. The van der Waals surface area contributed by atoms with Crippen LogP contribution in [-0.4, -0.2) is 36.2 Å². The van der Waals surface area contributed by atoms with Crippen molar-refractivity contribution in [2.75, 3.05) is 20.2 Å². The molecule has 2 N–H and O–H groups in total. The van der Waals surface area contributed by atoms with Gasteiger partial charge in [0.15, 0.2) is 0 Å². The maximum absolute atomic E-state index is 12.9. The molecule has 0 aromatic heterocycles. The molecule has 1 atom stereocenters. The fourth-order valence-corrected chi connectivity index (χ4v) is 2.19. The van der Waals surface area contributed by atoms with Gasteiger partial charge in [-0.25, -0.2) is 4.79 Å². The monoisotopic (exact) mass is 332 g/mol. The number of carbonyl (C=O) groups is 1. The van der Waals surface area contributed by atoms with Gasteiger partial charge in [0.1, 0.15) is 0 Å². The molecule has 2 amide bonds. The number of urea groups is 1. The fraction of sp³-hybridized carbons (Fsp3) is 0.562. The first-order valence-corrected chi connectivity index (χ1v) is 7.44. The van der Waals surface area contributed by atoms with Crippen LogP contribution in [0.1, 0.15) is 37.4 Å². The molecule has 7 heteroatoms. The van der Waals surface area contributed by atoms with Crippen molar-refractivity contribution < 1.29 is 23.1 Å². The summed E-state index contributed by atoms with van der Waals surface area (Å²) in [6.45, 7) is 3.85. The summed E-state index contributed by atoms with van der Waals surface area (Å²) in [5, 5.41) is 11.6. The number of carbonyl (C=O) groups excluding carboxylic acids is 1. The molecule has 0 heterocycles. The minimum absolute atomic E-state index is 0.156. The third-order valence-corrected chi connectivity index (χ3v) is 3.40. The van der Waals surface area contributed by atoms with Gasteiger partial charge >= 0.3 is 12.2 Å². The van der Waals surface area contributed by atoms with Crippen molar-refractivity contribution in [1.29, 1.82) is 0 Å². The van der Waals surface area contributed by atoms with Crippen molar-refractivity contribution >= 4 is 6.03 Å². The van der Waals surface area contributed by atoms with E-state index in [1.165, 1.54) is 18.0 Å². The Bertz CT molecular complexity index is 518. The fourth-order valence-electron chi connectivity index (χ4n) is 2.19. The molecule has 1 aromatic rings. The zero-order valence-corrected chi connectivity index (χ0v) is 13.5. The SMILES string of the molecule is CC(C)CC(NC(=O)N(C)CCO)c1cccc(C(F)(F)F)c1. The van der Waals surface area contributed by atoms with Crippen LogP contribution in [0, 0.1) is 5.92 Å².